The summed E-state index contributed by atoms with van der Waals surface area (Å²) in [5.74, 6) is 0.695. The average molecular weight is 262 g/mol. The predicted molar refractivity (Wildman–Crippen MR) is 85.9 cm³/mol. The summed E-state index contributed by atoms with van der Waals surface area (Å²) in [5, 5.41) is 3.55. The SMILES string of the molecule is CCC(C)N(C)c1ccc(C)cc1CNCC(C)C. The molecule has 1 rings (SSSR count). The van der Waals surface area contributed by atoms with E-state index in [-0.39, 0.29) is 0 Å². The minimum atomic E-state index is 0.576. The average Bonchev–Trinajstić information content (AvgIpc) is 2.37. The maximum absolute atomic E-state index is 3.55. The Kier molecular flexibility index (Phi) is 6.36. The first-order valence-electron chi connectivity index (χ1n) is 7.48. The van der Waals surface area contributed by atoms with Crippen LogP contribution in [0.25, 0.3) is 0 Å². The number of nitrogens with one attached hydrogen (secondary N) is 1. The molecule has 0 bridgehead atoms. The van der Waals surface area contributed by atoms with Crippen LogP contribution in [0.2, 0.25) is 0 Å². The second kappa shape index (κ2) is 7.54. The largest absolute Gasteiger partial charge is 0.372 e. The van der Waals surface area contributed by atoms with Gasteiger partial charge in [0.25, 0.3) is 0 Å². The van der Waals surface area contributed by atoms with Gasteiger partial charge in [-0.1, -0.05) is 38.5 Å². The van der Waals surface area contributed by atoms with Gasteiger partial charge in [0.2, 0.25) is 0 Å². The van der Waals surface area contributed by atoms with Crippen molar-refractivity contribution in [3.05, 3.63) is 29.3 Å². The van der Waals surface area contributed by atoms with Crippen LogP contribution >= 0.6 is 0 Å². The molecule has 2 heteroatoms. The Hall–Kier alpha value is -1.02. The van der Waals surface area contributed by atoms with Crippen LogP contribution in [0.1, 0.15) is 45.2 Å². The smallest absolute Gasteiger partial charge is 0.0411 e. The van der Waals surface area contributed by atoms with E-state index in [4.69, 9.17) is 0 Å². The second-order valence-corrected chi connectivity index (χ2v) is 6.03. The van der Waals surface area contributed by atoms with Gasteiger partial charge >= 0.3 is 0 Å². The summed E-state index contributed by atoms with van der Waals surface area (Å²) in [6.07, 6.45) is 1.17. The molecule has 0 aliphatic heterocycles. The Morgan fingerprint density at radius 3 is 2.47 bits per heavy atom. The number of aryl methyl sites for hydroxylation is 1. The van der Waals surface area contributed by atoms with E-state index in [1.54, 1.807) is 0 Å². The van der Waals surface area contributed by atoms with Crippen molar-refractivity contribution in [1.29, 1.82) is 0 Å². The fourth-order valence-electron chi connectivity index (χ4n) is 2.21. The molecule has 1 N–H and O–H groups in total. The number of hydrogen-bond acceptors (Lipinski definition) is 2. The molecular formula is C17H30N2. The third-order valence-electron chi connectivity index (χ3n) is 3.74. The van der Waals surface area contributed by atoms with Crippen LogP contribution in [0.4, 0.5) is 5.69 Å². The standard InChI is InChI=1S/C17H30N2/c1-7-15(5)19(6)17-9-8-14(4)10-16(17)12-18-11-13(2)3/h8-10,13,15,18H,7,11-12H2,1-6H3. The predicted octanol–water partition coefficient (Wildman–Crippen LogP) is 3.98. The fraction of sp³-hybridized carbons (Fsp3) is 0.647. The van der Waals surface area contributed by atoms with Crippen LogP contribution in [-0.4, -0.2) is 19.6 Å². The fourth-order valence-corrected chi connectivity index (χ4v) is 2.21. The van der Waals surface area contributed by atoms with Crippen molar-refractivity contribution in [2.75, 3.05) is 18.5 Å². The highest BCUT2D eigenvalue weighted by Crippen LogP contribution is 2.23. The van der Waals surface area contributed by atoms with E-state index < -0.39 is 0 Å². The van der Waals surface area contributed by atoms with Crippen molar-refractivity contribution in [2.45, 2.75) is 53.6 Å². The molecule has 1 atom stereocenters. The number of hydrogen-bond donors (Lipinski definition) is 1. The second-order valence-electron chi connectivity index (χ2n) is 6.03. The number of rotatable bonds is 7. The molecule has 0 saturated carbocycles. The zero-order chi connectivity index (χ0) is 14.4. The van der Waals surface area contributed by atoms with E-state index in [0.29, 0.717) is 12.0 Å². The van der Waals surface area contributed by atoms with Crippen molar-refractivity contribution >= 4 is 5.69 Å². The number of benzene rings is 1. The van der Waals surface area contributed by atoms with Crippen molar-refractivity contribution in [3.63, 3.8) is 0 Å². The lowest BCUT2D eigenvalue weighted by Crippen LogP contribution is -2.30. The maximum atomic E-state index is 3.55. The quantitative estimate of drug-likeness (QED) is 0.799. The van der Waals surface area contributed by atoms with Crippen LogP contribution in [0.5, 0.6) is 0 Å². The maximum Gasteiger partial charge on any atom is 0.0411 e. The molecule has 0 heterocycles. The third kappa shape index (κ3) is 4.87. The molecule has 1 aromatic carbocycles. The van der Waals surface area contributed by atoms with E-state index in [2.05, 4.69) is 70.1 Å². The van der Waals surface area contributed by atoms with E-state index in [9.17, 15) is 0 Å². The monoisotopic (exact) mass is 262 g/mol. The lowest BCUT2D eigenvalue weighted by Gasteiger charge is -2.29. The van der Waals surface area contributed by atoms with Gasteiger partial charge < -0.3 is 10.2 Å². The molecule has 0 radical (unpaired) electrons. The highest BCUT2D eigenvalue weighted by atomic mass is 15.1. The number of anilines is 1. The summed E-state index contributed by atoms with van der Waals surface area (Å²) < 4.78 is 0. The van der Waals surface area contributed by atoms with Crippen LogP contribution < -0.4 is 10.2 Å². The molecule has 0 spiro atoms. The van der Waals surface area contributed by atoms with E-state index in [0.717, 1.165) is 13.1 Å². The van der Waals surface area contributed by atoms with Crippen LogP contribution in [0, 0.1) is 12.8 Å². The molecule has 0 amide bonds. The lowest BCUT2D eigenvalue weighted by molar-refractivity contribution is 0.551. The van der Waals surface area contributed by atoms with Crippen LogP contribution in [0.3, 0.4) is 0 Å². The third-order valence-corrected chi connectivity index (χ3v) is 3.74. The van der Waals surface area contributed by atoms with Gasteiger partial charge in [0.05, 0.1) is 0 Å². The van der Waals surface area contributed by atoms with Crippen molar-refractivity contribution in [1.82, 2.24) is 5.32 Å². The molecule has 1 unspecified atom stereocenters. The topological polar surface area (TPSA) is 15.3 Å². The Bertz CT molecular complexity index is 385. The zero-order valence-electron chi connectivity index (χ0n) is 13.5. The minimum absolute atomic E-state index is 0.576. The molecule has 0 aliphatic rings. The molecule has 2 nitrogen and oxygen atoms in total. The Labute approximate surface area is 119 Å². The Balaban J connectivity index is 2.85. The van der Waals surface area contributed by atoms with E-state index >= 15 is 0 Å². The van der Waals surface area contributed by atoms with Gasteiger partial charge in [-0.3, -0.25) is 0 Å². The molecule has 108 valence electrons. The first-order chi connectivity index (χ1) is 8.95. The normalized spacial score (nSPS) is 12.8. The molecule has 0 fully saturated rings. The van der Waals surface area contributed by atoms with Gasteiger partial charge in [-0.15, -0.1) is 0 Å². The molecule has 0 aromatic heterocycles. The highest BCUT2D eigenvalue weighted by molar-refractivity contribution is 5.55. The van der Waals surface area contributed by atoms with Gasteiger partial charge in [0.15, 0.2) is 0 Å². The van der Waals surface area contributed by atoms with Gasteiger partial charge in [-0.2, -0.15) is 0 Å². The van der Waals surface area contributed by atoms with Crippen molar-refractivity contribution in [3.8, 4) is 0 Å². The molecular weight excluding hydrogens is 232 g/mol. The van der Waals surface area contributed by atoms with Gasteiger partial charge in [0, 0.05) is 25.3 Å². The lowest BCUT2D eigenvalue weighted by atomic mass is 10.1. The summed E-state index contributed by atoms with van der Waals surface area (Å²) in [5.41, 5.74) is 4.10. The first kappa shape index (κ1) is 16.0. The van der Waals surface area contributed by atoms with Crippen LogP contribution in [0.15, 0.2) is 18.2 Å². The number of nitrogens with zero attached hydrogens (tertiary/aromatic N) is 1. The summed E-state index contributed by atoms with van der Waals surface area (Å²) in [6.45, 7) is 13.2. The first-order valence-corrected chi connectivity index (χ1v) is 7.48. The summed E-state index contributed by atoms with van der Waals surface area (Å²) in [7, 11) is 2.20. The molecule has 19 heavy (non-hydrogen) atoms. The van der Waals surface area contributed by atoms with Gasteiger partial charge in [-0.25, -0.2) is 0 Å². The summed E-state index contributed by atoms with van der Waals surface area (Å²) >= 11 is 0. The van der Waals surface area contributed by atoms with Gasteiger partial charge in [-0.05, 0) is 44.4 Å². The van der Waals surface area contributed by atoms with Crippen molar-refractivity contribution < 1.29 is 0 Å². The zero-order valence-corrected chi connectivity index (χ0v) is 13.5. The summed E-state index contributed by atoms with van der Waals surface area (Å²) in [6, 6.07) is 7.35. The highest BCUT2D eigenvalue weighted by Gasteiger charge is 2.12. The summed E-state index contributed by atoms with van der Waals surface area (Å²) in [4.78, 5) is 2.39. The Morgan fingerprint density at radius 1 is 1.21 bits per heavy atom. The molecule has 1 aromatic rings. The van der Waals surface area contributed by atoms with E-state index in [1.807, 2.05) is 0 Å². The Morgan fingerprint density at radius 2 is 1.89 bits per heavy atom. The minimum Gasteiger partial charge on any atom is -0.372 e. The molecule has 0 aliphatic carbocycles. The van der Waals surface area contributed by atoms with Crippen LogP contribution in [-0.2, 0) is 6.54 Å². The van der Waals surface area contributed by atoms with Crippen molar-refractivity contribution in [2.24, 2.45) is 5.92 Å². The van der Waals surface area contributed by atoms with E-state index in [1.165, 1.54) is 23.2 Å². The van der Waals surface area contributed by atoms with Gasteiger partial charge in [0.1, 0.15) is 0 Å². The molecule has 0 saturated heterocycles.